The van der Waals surface area contributed by atoms with Gasteiger partial charge in [-0.15, -0.1) is 0 Å². The molecule has 0 spiro atoms. The molecule has 1 rings (SSSR count). The first kappa shape index (κ1) is 10.4. The van der Waals surface area contributed by atoms with Gasteiger partial charge >= 0.3 is 0 Å². The Morgan fingerprint density at radius 3 is 2.50 bits per heavy atom. The largest absolute Gasteiger partial charge is 0.508 e. The van der Waals surface area contributed by atoms with Gasteiger partial charge in [-0.05, 0) is 31.2 Å². The summed E-state index contributed by atoms with van der Waals surface area (Å²) in [5, 5.41) is 9.59. The quantitative estimate of drug-likeness (QED) is 0.752. The van der Waals surface area contributed by atoms with Crippen LogP contribution in [0.2, 0.25) is 0 Å². The minimum atomic E-state index is 0.181. The second-order valence-electron chi connectivity index (χ2n) is 2.74. The molecule has 0 aromatic heterocycles. The maximum absolute atomic E-state index is 9.59. The molecule has 76 valence electrons. The van der Waals surface area contributed by atoms with Crippen LogP contribution in [0.25, 0.3) is 5.76 Å². The lowest BCUT2D eigenvalue weighted by molar-refractivity contribution is 0.398. The molecule has 0 radical (unpaired) electrons. The van der Waals surface area contributed by atoms with E-state index >= 15 is 0 Å². The predicted octanol–water partition coefficient (Wildman–Crippen LogP) is 2.62. The molecule has 1 aromatic carbocycles. The number of rotatable bonds is 3. The lowest BCUT2D eigenvalue weighted by Crippen LogP contribution is -1.92. The van der Waals surface area contributed by atoms with Crippen LogP contribution in [0.1, 0.15) is 12.5 Å². The van der Waals surface area contributed by atoms with Crippen LogP contribution in [-0.2, 0) is 0 Å². The molecule has 0 aliphatic carbocycles. The second-order valence-corrected chi connectivity index (χ2v) is 2.74. The van der Waals surface area contributed by atoms with Crippen LogP contribution in [-0.4, -0.2) is 19.3 Å². The molecule has 0 bridgehead atoms. The SMILES string of the molecule is CC=C(O)c1cc(OC)ccc1OC. The minimum Gasteiger partial charge on any atom is -0.508 e. The summed E-state index contributed by atoms with van der Waals surface area (Å²) in [6.45, 7) is 1.76. The van der Waals surface area contributed by atoms with E-state index in [2.05, 4.69) is 0 Å². The monoisotopic (exact) mass is 194 g/mol. The molecule has 0 amide bonds. The summed E-state index contributed by atoms with van der Waals surface area (Å²) in [7, 11) is 3.15. The van der Waals surface area contributed by atoms with E-state index in [0.717, 1.165) is 0 Å². The van der Waals surface area contributed by atoms with Crippen molar-refractivity contribution in [2.24, 2.45) is 0 Å². The van der Waals surface area contributed by atoms with Crippen molar-refractivity contribution >= 4 is 5.76 Å². The Bertz CT molecular complexity index is 342. The summed E-state index contributed by atoms with van der Waals surface area (Å²) in [6, 6.07) is 5.27. The molecule has 0 aliphatic rings. The molecule has 0 fully saturated rings. The molecule has 0 unspecified atom stereocenters. The molecule has 14 heavy (non-hydrogen) atoms. The number of allylic oxidation sites excluding steroid dienone is 1. The van der Waals surface area contributed by atoms with Gasteiger partial charge in [-0.25, -0.2) is 0 Å². The van der Waals surface area contributed by atoms with E-state index in [4.69, 9.17) is 9.47 Å². The molecule has 0 saturated heterocycles. The van der Waals surface area contributed by atoms with Crippen molar-refractivity contribution in [3.8, 4) is 11.5 Å². The minimum absolute atomic E-state index is 0.181. The maximum Gasteiger partial charge on any atom is 0.130 e. The molecular formula is C11H14O3. The highest BCUT2D eigenvalue weighted by Gasteiger charge is 2.07. The van der Waals surface area contributed by atoms with E-state index in [0.29, 0.717) is 17.1 Å². The number of aliphatic hydroxyl groups is 1. The van der Waals surface area contributed by atoms with Crippen molar-refractivity contribution in [3.05, 3.63) is 29.8 Å². The van der Waals surface area contributed by atoms with Gasteiger partial charge in [-0.3, -0.25) is 0 Å². The second kappa shape index (κ2) is 4.56. The van der Waals surface area contributed by atoms with Gasteiger partial charge in [-0.2, -0.15) is 0 Å². The Morgan fingerprint density at radius 1 is 1.29 bits per heavy atom. The fourth-order valence-electron chi connectivity index (χ4n) is 1.17. The summed E-state index contributed by atoms with van der Waals surface area (Å²) < 4.78 is 10.2. The van der Waals surface area contributed by atoms with Crippen LogP contribution in [0, 0.1) is 0 Å². The van der Waals surface area contributed by atoms with Gasteiger partial charge in [0, 0.05) is 0 Å². The third-order valence-corrected chi connectivity index (χ3v) is 1.96. The average Bonchev–Trinajstić information content (AvgIpc) is 2.27. The first-order chi connectivity index (χ1) is 6.72. The van der Waals surface area contributed by atoms with Gasteiger partial charge in [0.05, 0.1) is 19.8 Å². The van der Waals surface area contributed by atoms with Crippen molar-refractivity contribution in [2.75, 3.05) is 14.2 Å². The van der Waals surface area contributed by atoms with Crippen molar-refractivity contribution in [3.63, 3.8) is 0 Å². The van der Waals surface area contributed by atoms with Gasteiger partial charge in [0.15, 0.2) is 0 Å². The topological polar surface area (TPSA) is 38.7 Å². The summed E-state index contributed by atoms with van der Waals surface area (Å²) in [4.78, 5) is 0. The van der Waals surface area contributed by atoms with Crippen molar-refractivity contribution in [1.82, 2.24) is 0 Å². The highest BCUT2D eigenvalue weighted by molar-refractivity contribution is 5.66. The fraction of sp³-hybridized carbons (Fsp3) is 0.273. The smallest absolute Gasteiger partial charge is 0.130 e. The Kier molecular flexibility index (Phi) is 3.40. The van der Waals surface area contributed by atoms with Crippen molar-refractivity contribution < 1.29 is 14.6 Å². The lowest BCUT2D eigenvalue weighted by atomic mass is 10.1. The molecule has 0 saturated carbocycles. The summed E-state index contributed by atoms with van der Waals surface area (Å²) in [5.41, 5.74) is 0.634. The highest BCUT2D eigenvalue weighted by atomic mass is 16.5. The summed E-state index contributed by atoms with van der Waals surface area (Å²) in [5.74, 6) is 1.50. The first-order valence-corrected chi connectivity index (χ1v) is 4.30. The zero-order valence-electron chi connectivity index (χ0n) is 8.57. The van der Waals surface area contributed by atoms with Crippen molar-refractivity contribution in [1.29, 1.82) is 0 Å². The number of hydrogen-bond acceptors (Lipinski definition) is 3. The van der Waals surface area contributed by atoms with Gasteiger partial charge in [0.1, 0.15) is 17.3 Å². The molecule has 0 atom stereocenters. The van der Waals surface area contributed by atoms with Crippen LogP contribution in [0.5, 0.6) is 11.5 Å². The number of aliphatic hydroxyl groups excluding tert-OH is 1. The van der Waals surface area contributed by atoms with E-state index in [1.807, 2.05) is 0 Å². The van der Waals surface area contributed by atoms with Gasteiger partial charge in [0.2, 0.25) is 0 Å². The zero-order valence-corrected chi connectivity index (χ0v) is 8.57. The Hall–Kier alpha value is -1.64. The van der Waals surface area contributed by atoms with Gasteiger partial charge < -0.3 is 14.6 Å². The summed E-state index contributed by atoms with van der Waals surface area (Å²) in [6.07, 6.45) is 1.61. The Labute approximate surface area is 83.6 Å². The summed E-state index contributed by atoms with van der Waals surface area (Å²) >= 11 is 0. The molecule has 0 aliphatic heterocycles. The van der Waals surface area contributed by atoms with Crippen LogP contribution in [0.15, 0.2) is 24.3 Å². The standard InChI is InChI=1S/C11H14O3/c1-4-10(12)9-7-8(13-2)5-6-11(9)14-3/h4-7,12H,1-3H3. The van der Waals surface area contributed by atoms with E-state index < -0.39 is 0 Å². The molecule has 1 N–H and O–H groups in total. The normalized spacial score (nSPS) is 11.2. The highest BCUT2D eigenvalue weighted by Crippen LogP contribution is 2.28. The van der Waals surface area contributed by atoms with E-state index in [1.54, 1.807) is 45.4 Å². The Morgan fingerprint density at radius 2 is 2.00 bits per heavy atom. The van der Waals surface area contributed by atoms with Gasteiger partial charge in [0.25, 0.3) is 0 Å². The van der Waals surface area contributed by atoms with Crippen LogP contribution in [0.4, 0.5) is 0 Å². The van der Waals surface area contributed by atoms with E-state index in [9.17, 15) is 5.11 Å². The van der Waals surface area contributed by atoms with Crippen LogP contribution < -0.4 is 9.47 Å². The van der Waals surface area contributed by atoms with Gasteiger partial charge in [-0.1, -0.05) is 0 Å². The first-order valence-electron chi connectivity index (χ1n) is 4.30. The fourth-order valence-corrected chi connectivity index (χ4v) is 1.17. The predicted molar refractivity (Wildman–Crippen MR) is 55.8 cm³/mol. The lowest BCUT2D eigenvalue weighted by Gasteiger charge is -2.09. The molecule has 0 heterocycles. The van der Waals surface area contributed by atoms with Crippen LogP contribution >= 0.6 is 0 Å². The van der Waals surface area contributed by atoms with E-state index in [1.165, 1.54) is 0 Å². The third-order valence-electron chi connectivity index (χ3n) is 1.96. The zero-order chi connectivity index (χ0) is 10.6. The molecule has 3 heteroatoms. The number of hydrogen-bond donors (Lipinski definition) is 1. The molecular weight excluding hydrogens is 180 g/mol. The third kappa shape index (κ3) is 1.99. The van der Waals surface area contributed by atoms with Crippen molar-refractivity contribution in [2.45, 2.75) is 6.92 Å². The molecule has 1 aromatic rings. The number of benzene rings is 1. The average molecular weight is 194 g/mol. The van der Waals surface area contributed by atoms with E-state index in [-0.39, 0.29) is 5.76 Å². The maximum atomic E-state index is 9.59. The van der Waals surface area contributed by atoms with Crippen LogP contribution in [0.3, 0.4) is 0 Å². The number of methoxy groups -OCH3 is 2. The number of ether oxygens (including phenoxy) is 2. The molecule has 3 nitrogen and oxygen atoms in total. The Balaban J connectivity index is 3.21.